The third-order valence-corrected chi connectivity index (χ3v) is 7.63. The quantitative estimate of drug-likeness (QED) is 0.252. The minimum absolute atomic E-state index is 0.0281. The van der Waals surface area contributed by atoms with E-state index < -0.39 is 11.7 Å². The number of carbonyl (C=O) groups is 2. The van der Waals surface area contributed by atoms with Crippen molar-refractivity contribution in [3.8, 4) is 0 Å². The molecular weight excluding hydrogens is 495 g/mol. The van der Waals surface area contributed by atoms with Gasteiger partial charge in [0.1, 0.15) is 5.82 Å². The van der Waals surface area contributed by atoms with Crippen molar-refractivity contribution in [1.29, 1.82) is 0 Å². The lowest BCUT2D eigenvalue weighted by Gasteiger charge is -2.08. The maximum absolute atomic E-state index is 13.9. The van der Waals surface area contributed by atoms with Crippen molar-refractivity contribution < 1.29 is 14.0 Å². The average molecular weight is 519 g/mol. The Morgan fingerprint density at radius 3 is 2.75 bits per heavy atom. The number of amides is 2. The maximum atomic E-state index is 13.9. The summed E-state index contributed by atoms with van der Waals surface area (Å²) in [4.78, 5) is 30.4. The second kappa shape index (κ2) is 10.5. The van der Waals surface area contributed by atoms with E-state index in [2.05, 4.69) is 21.7 Å². The van der Waals surface area contributed by atoms with Crippen LogP contribution in [0, 0.1) is 12.7 Å². The molecule has 0 aliphatic heterocycles. The van der Waals surface area contributed by atoms with Crippen LogP contribution in [-0.4, -0.2) is 33.7 Å². The van der Waals surface area contributed by atoms with Crippen molar-refractivity contribution in [2.24, 2.45) is 0 Å². The number of halogens is 1. The first-order chi connectivity index (χ1) is 17.5. The molecular formula is C27H23FN4O2S2. The summed E-state index contributed by atoms with van der Waals surface area (Å²) in [6, 6.07) is 19.9. The molecule has 0 unspecified atom stereocenters. The monoisotopic (exact) mass is 518 g/mol. The van der Waals surface area contributed by atoms with Crippen LogP contribution in [0.3, 0.4) is 0 Å². The second-order valence-electron chi connectivity index (χ2n) is 8.27. The van der Waals surface area contributed by atoms with Crippen LogP contribution in [0.25, 0.3) is 21.1 Å². The molecule has 0 fully saturated rings. The summed E-state index contributed by atoms with van der Waals surface area (Å²) in [6.45, 7) is 2.88. The number of aromatic nitrogens is 2. The molecule has 0 aliphatic rings. The first kappa shape index (κ1) is 24.0. The van der Waals surface area contributed by atoms with Gasteiger partial charge in [0, 0.05) is 35.1 Å². The molecule has 0 bridgehead atoms. The summed E-state index contributed by atoms with van der Waals surface area (Å²) in [5.41, 5.74) is 3.06. The second-order valence-corrected chi connectivity index (χ2v) is 10.3. The summed E-state index contributed by atoms with van der Waals surface area (Å²) < 4.78 is 16.9. The molecule has 0 atom stereocenters. The minimum atomic E-state index is -0.542. The molecule has 0 saturated carbocycles. The van der Waals surface area contributed by atoms with Gasteiger partial charge in [-0.2, -0.15) is 0 Å². The number of thiazole rings is 1. The number of thioether (sulfide) groups is 1. The number of hydrogen-bond acceptors (Lipinski definition) is 5. The number of nitrogens with one attached hydrogen (secondary N) is 2. The van der Waals surface area contributed by atoms with Gasteiger partial charge >= 0.3 is 0 Å². The van der Waals surface area contributed by atoms with Gasteiger partial charge < -0.3 is 15.2 Å². The standard InChI is InChI=1S/C27H23FN4O2S2/c1-17-10-11-21-23(14-17)36-27(30-21)31-25(33)16-35-24-15-32(22-9-5-3-7-19(22)24)13-12-29-26(34)18-6-2-4-8-20(18)28/h2-11,14-15H,12-13,16H2,1H3,(H,29,34)(H,30,31,33). The summed E-state index contributed by atoms with van der Waals surface area (Å²) in [5.74, 6) is -0.864. The molecule has 182 valence electrons. The number of hydrogen-bond donors (Lipinski definition) is 2. The topological polar surface area (TPSA) is 76.0 Å². The Bertz CT molecular complexity index is 1580. The lowest BCUT2D eigenvalue weighted by molar-refractivity contribution is -0.113. The van der Waals surface area contributed by atoms with Crippen LogP contribution < -0.4 is 10.6 Å². The number of rotatable bonds is 8. The van der Waals surface area contributed by atoms with Crippen molar-refractivity contribution >= 4 is 61.2 Å². The molecule has 2 amide bonds. The molecule has 2 N–H and O–H groups in total. The molecule has 0 aliphatic carbocycles. The molecule has 5 rings (SSSR count). The van der Waals surface area contributed by atoms with Gasteiger partial charge in [0.2, 0.25) is 5.91 Å². The van der Waals surface area contributed by atoms with E-state index in [1.165, 1.54) is 35.2 Å². The Labute approximate surface area is 215 Å². The van der Waals surface area contributed by atoms with Gasteiger partial charge in [-0.05, 0) is 42.8 Å². The molecule has 5 aromatic rings. The smallest absolute Gasteiger partial charge is 0.254 e. The highest BCUT2D eigenvalue weighted by molar-refractivity contribution is 8.00. The van der Waals surface area contributed by atoms with Gasteiger partial charge in [-0.3, -0.25) is 9.59 Å². The highest BCUT2D eigenvalue weighted by Crippen LogP contribution is 2.31. The predicted molar refractivity (Wildman–Crippen MR) is 144 cm³/mol. The van der Waals surface area contributed by atoms with Crippen molar-refractivity contribution in [3.63, 3.8) is 0 Å². The lowest BCUT2D eigenvalue weighted by atomic mass is 10.2. The summed E-state index contributed by atoms with van der Waals surface area (Å²) in [7, 11) is 0. The molecule has 3 aromatic carbocycles. The van der Waals surface area contributed by atoms with Crippen LogP contribution in [0.4, 0.5) is 9.52 Å². The maximum Gasteiger partial charge on any atom is 0.254 e. The largest absolute Gasteiger partial charge is 0.350 e. The van der Waals surface area contributed by atoms with Gasteiger partial charge in [-0.25, -0.2) is 9.37 Å². The zero-order valence-corrected chi connectivity index (χ0v) is 21.1. The first-order valence-corrected chi connectivity index (χ1v) is 13.2. The van der Waals surface area contributed by atoms with Gasteiger partial charge in [0.25, 0.3) is 5.91 Å². The van der Waals surface area contributed by atoms with E-state index in [0.29, 0.717) is 18.2 Å². The molecule has 0 radical (unpaired) electrons. The third kappa shape index (κ3) is 5.27. The third-order valence-electron chi connectivity index (χ3n) is 5.66. The van der Waals surface area contributed by atoms with Gasteiger partial charge in [0.15, 0.2) is 5.13 Å². The van der Waals surface area contributed by atoms with Crippen LogP contribution in [-0.2, 0) is 11.3 Å². The van der Waals surface area contributed by atoms with Crippen molar-refractivity contribution in [1.82, 2.24) is 14.9 Å². The van der Waals surface area contributed by atoms with E-state index in [9.17, 15) is 14.0 Å². The van der Waals surface area contributed by atoms with E-state index in [0.717, 1.165) is 31.6 Å². The van der Waals surface area contributed by atoms with E-state index >= 15 is 0 Å². The summed E-state index contributed by atoms with van der Waals surface area (Å²) in [6.07, 6.45) is 1.98. The zero-order valence-electron chi connectivity index (χ0n) is 19.5. The van der Waals surface area contributed by atoms with Crippen molar-refractivity contribution in [3.05, 3.63) is 89.9 Å². The number of nitrogens with zero attached hydrogens (tertiary/aromatic N) is 2. The van der Waals surface area contributed by atoms with Crippen LogP contribution in [0.5, 0.6) is 0 Å². The lowest BCUT2D eigenvalue weighted by Crippen LogP contribution is -2.27. The van der Waals surface area contributed by atoms with Crippen LogP contribution in [0.2, 0.25) is 0 Å². The molecule has 0 spiro atoms. The number of benzene rings is 3. The van der Waals surface area contributed by atoms with Crippen LogP contribution in [0.1, 0.15) is 15.9 Å². The van der Waals surface area contributed by atoms with E-state index in [1.54, 1.807) is 12.1 Å². The molecule has 0 saturated heterocycles. The zero-order chi connectivity index (χ0) is 25.1. The molecule has 9 heteroatoms. The SMILES string of the molecule is Cc1ccc2nc(NC(=O)CSc3cn(CCNC(=O)c4ccccc4F)c4ccccc34)sc2c1. The Morgan fingerprint density at radius 1 is 1.08 bits per heavy atom. The average Bonchev–Trinajstić information content (AvgIpc) is 3.43. The highest BCUT2D eigenvalue weighted by atomic mass is 32.2. The number of aryl methyl sites for hydroxylation is 1. The Kier molecular flexibility index (Phi) is 7.02. The number of fused-ring (bicyclic) bond motifs is 2. The molecule has 6 nitrogen and oxygen atoms in total. The van der Waals surface area contributed by atoms with E-state index in [4.69, 9.17) is 0 Å². The minimum Gasteiger partial charge on any atom is -0.350 e. The van der Waals surface area contributed by atoms with Crippen molar-refractivity contribution in [2.45, 2.75) is 18.4 Å². The van der Waals surface area contributed by atoms with E-state index in [-0.39, 0.29) is 17.2 Å². The Balaban J connectivity index is 1.22. The summed E-state index contributed by atoms with van der Waals surface area (Å²) >= 11 is 2.92. The summed E-state index contributed by atoms with van der Waals surface area (Å²) in [5, 5.41) is 7.31. The fourth-order valence-electron chi connectivity index (χ4n) is 3.93. The first-order valence-electron chi connectivity index (χ1n) is 11.4. The Morgan fingerprint density at radius 2 is 1.89 bits per heavy atom. The number of carbonyl (C=O) groups excluding carboxylic acids is 2. The molecule has 36 heavy (non-hydrogen) atoms. The fraction of sp³-hybridized carbons (Fsp3) is 0.148. The highest BCUT2D eigenvalue weighted by Gasteiger charge is 2.14. The van der Waals surface area contributed by atoms with Crippen LogP contribution in [0.15, 0.2) is 77.8 Å². The number of anilines is 1. The van der Waals surface area contributed by atoms with Crippen LogP contribution >= 0.6 is 23.1 Å². The Hall–Kier alpha value is -3.69. The predicted octanol–water partition coefficient (Wildman–Crippen LogP) is 5.86. The van der Waals surface area contributed by atoms with E-state index in [1.807, 2.05) is 54.1 Å². The van der Waals surface area contributed by atoms with Gasteiger partial charge in [-0.1, -0.05) is 47.7 Å². The van der Waals surface area contributed by atoms with Gasteiger partial charge in [0.05, 0.1) is 21.5 Å². The van der Waals surface area contributed by atoms with Gasteiger partial charge in [-0.15, -0.1) is 11.8 Å². The normalized spacial score (nSPS) is 11.2. The number of para-hydroxylation sites is 1. The molecule has 2 heterocycles. The van der Waals surface area contributed by atoms with Crippen molar-refractivity contribution in [2.75, 3.05) is 17.6 Å². The molecule has 2 aromatic heterocycles. The fourth-order valence-corrected chi connectivity index (χ4v) is 5.80.